The topological polar surface area (TPSA) is 12.0 Å². The molecule has 0 aromatic heterocycles. The minimum atomic E-state index is 0.419. The molecule has 0 radical (unpaired) electrons. The van der Waals surface area contributed by atoms with Crippen LogP contribution >= 0.6 is 27.7 Å². The summed E-state index contributed by atoms with van der Waals surface area (Å²) in [4.78, 5) is 1.31. The number of rotatable bonds is 6. The summed E-state index contributed by atoms with van der Waals surface area (Å²) in [5.41, 5.74) is 2.68. The van der Waals surface area contributed by atoms with Crippen molar-refractivity contribution in [2.75, 3.05) is 6.54 Å². The van der Waals surface area contributed by atoms with Gasteiger partial charge in [0.1, 0.15) is 0 Å². The van der Waals surface area contributed by atoms with Crippen LogP contribution in [-0.2, 0) is 5.75 Å². The van der Waals surface area contributed by atoms with Crippen molar-refractivity contribution in [3.8, 4) is 0 Å². The Bertz CT molecular complexity index is 539. The van der Waals surface area contributed by atoms with Gasteiger partial charge in [0, 0.05) is 21.2 Å². The Morgan fingerprint density at radius 1 is 1.10 bits per heavy atom. The maximum absolute atomic E-state index is 3.60. The lowest BCUT2D eigenvalue weighted by Crippen LogP contribution is -2.17. The molecule has 0 aliphatic carbocycles. The zero-order valence-electron chi connectivity index (χ0n) is 11.9. The summed E-state index contributed by atoms with van der Waals surface area (Å²) in [6.07, 6.45) is 0. The number of hydrogen-bond donors (Lipinski definition) is 1. The Hall–Kier alpha value is -0.770. The van der Waals surface area contributed by atoms with Gasteiger partial charge in [0.15, 0.2) is 0 Å². The Morgan fingerprint density at radius 3 is 2.45 bits per heavy atom. The highest BCUT2D eigenvalue weighted by Gasteiger charge is 2.04. The van der Waals surface area contributed by atoms with E-state index >= 15 is 0 Å². The molecular weight excluding hydrogens is 330 g/mol. The molecule has 1 unspecified atom stereocenters. The Balaban J connectivity index is 1.96. The third-order valence-electron chi connectivity index (χ3n) is 3.24. The fourth-order valence-corrected chi connectivity index (χ4v) is 3.57. The van der Waals surface area contributed by atoms with Gasteiger partial charge in [-0.3, -0.25) is 0 Å². The summed E-state index contributed by atoms with van der Waals surface area (Å²) < 4.78 is 1.19. The highest BCUT2D eigenvalue weighted by Crippen LogP contribution is 2.27. The number of nitrogens with one attached hydrogen (secondary N) is 1. The molecule has 0 heterocycles. The summed E-state index contributed by atoms with van der Waals surface area (Å²) in [5, 5.41) is 3.43. The van der Waals surface area contributed by atoms with Crippen LogP contribution < -0.4 is 5.32 Å². The second kappa shape index (κ2) is 7.87. The highest BCUT2D eigenvalue weighted by molar-refractivity contribution is 9.10. The molecule has 0 bridgehead atoms. The van der Waals surface area contributed by atoms with E-state index in [4.69, 9.17) is 0 Å². The molecule has 0 saturated carbocycles. The SMILES string of the molecule is CCNC(C)c1ccc(SCc2ccccc2Br)cc1. The molecule has 2 aromatic rings. The number of benzene rings is 2. The van der Waals surface area contributed by atoms with Gasteiger partial charge < -0.3 is 5.32 Å². The smallest absolute Gasteiger partial charge is 0.0291 e. The molecule has 2 rings (SSSR count). The van der Waals surface area contributed by atoms with Crippen molar-refractivity contribution in [1.29, 1.82) is 0 Å². The summed E-state index contributed by atoms with van der Waals surface area (Å²) in [6, 6.07) is 17.7. The molecule has 2 aromatic carbocycles. The molecule has 0 aliphatic rings. The van der Waals surface area contributed by atoms with Gasteiger partial charge in [0.05, 0.1) is 0 Å². The van der Waals surface area contributed by atoms with E-state index in [1.807, 2.05) is 11.8 Å². The maximum Gasteiger partial charge on any atom is 0.0291 e. The fourth-order valence-electron chi connectivity index (χ4n) is 2.05. The predicted molar refractivity (Wildman–Crippen MR) is 92.2 cm³/mol. The lowest BCUT2D eigenvalue weighted by atomic mass is 10.1. The normalized spacial score (nSPS) is 12.3. The van der Waals surface area contributed by atoms with Crippen molar-refractivity contribution >= 4 is 27.7 Å². The fraction of sp³-hybridized carbons (Fsp3) is 0.294. The molecule has 0 amide bonds. The van der Waals surface area contributed by atoms with E-state index in [-0.39, 0.29) is 0 Å². The summed E-state index contributed by atoms with van der Waals surface area (Å²) in [7, 11) is 0. The molecule has 0 saturated heterocycles. The van der Waals surface area contributed by atoms with E-state index in [2.05, 4.69) is 83.6 Å². The van der Waals surface area contributed by atoms with Gasteiger partial charge in [-0.05, 0) is 42.8 Å². The van der Waals surface area contributed by atoms with Crippen LogP contribution in [0.1, 0.15) is 31.0 Å². The van der Waals surface area contributed by atoms with Crippen LogP contribution in [0.2, 0.25) is 0 Å². The van der Waals surface area contributed by atoms with Gasteiger partial charge in [-0.15, -0.1) is 11.8 Å². The average molecular weight is 350 g/mol. The van der Waals surface area contributed by atoms with Crippen molar-refractivity contribution in [2.45, 2.75) is 30.5 Å². The second-order valence-corrected chi connectivity index (χ2v) is 6.63. The van der Waals surface area contributed by atoms with Crippen LogP contribution in [0.25, 0.3) is 0 Å². The zero-order valence-corrected chi connectivity index (χ0v) is 14.3. The van der Waals surface area contributed by atoms with Crippen LogP contribution in [0.4, 0.5) is 0 Å². The van der Waals surface area contributed by atoms with Gasteiger partial charge >= 0.3 is 0 Å². The van der Waals surface area contributed by atoms with E-state index in [1.165, 1.54) is 20.5 Å². The van der Waals surface area contributed by atoms with E-state index in [9.17, 15) is 0 Å². The lowest BCUT2D eigenvalue weighted by Gasteiger charge is -2.13. The van der Waals surface area contributed by atoms with Crippen molar-refractivity contribution in [3.05, 3.63) is 64.1 Å². The van der Waals surface area contributed by atoms with Crippen LogP contribution in [0.15, 0.2) is 57.9 Å². The van der Waals surface area contributed by atoms with Gasteiger partial charge in [-0.1, -0.05) is 53.2 Å². The molecule has 1 N–H and O–H groups in total. The van der Waals surface area contributed by atoms with Gasteiger partial charge in [0.25, 0.3) is 0 Å². The monoisotopic (exact) mass is 349 g/mol. The molecule has 0 spiro atoms. The molecule has 1 atom stereocenters. The van der Waals surface area contributed by atoms with E-state index in [0.29, 0.717) is 6.04 Å². The highest BCUT2D eigenvalue weighted by atomic mass is 79.9. The predicted octanol–water partition coefficient (Wildman–Crippen LogP) is 5.41. The number of thioether (sulfide) groups is 1. The maximum atomic E-state index is 3.60. The van der Waals surface area contributed by atoms with E-state index < -0.39 is 0 Å². The van der Waals surface area contributed by atoms with Crippen LogP contribution in [0, 0.1) is 0 Å². The van der Waals surface area contributed by atoms with Gasteiger partial charge in [0.2, 0.25) is 0 Å². The third kappa shape index (κ3) is 4.37. The minimum absolute atomic E-state index is 0.419. The van der Waals surface area contributed by atoms with Gasteiger partial charge in [-0.25, -0.2) is 0 Å². The third-order valence-corrected chi connectivity index (χ3v) is 5.08. The van der Waals surface area contributed by atoms with E-state index in [1.54, 1.807) is 0 Å². The molecule has 0 fully saturated rings. The number of halogens is 1. The molecule has 1 nitrogen and oxygen atoms in total. The van der Waals surface area contributed by atoms with E-state index in [0.717, 1.165) is 12.3 Å². The summed E-state index contributed by atoms with van der Waals surface area (Å²) >= 11 is 5.47. The second-order valence-electron chi connectivity index (χ2n) is 4.73. The van der Waals surface area contributed by atoms with Crippen molar-refractivity contribution in [2.24, 2.45) is 0 Å². The van der Waals surface area contributed by atoms with Crippen molar-refractivity contribution in [3.63, 3.8) is 0 Å². The van der Waals surface area contributed by atoms with Gasteiger partial charge in [-0.2, -0.15) is 0 Å². The zero-order chi connectivity index (χ0) is 14.4. The molecule has 106 valence electrons. The van der Waals surface area contributed by atoms with Crippen LogP contribution in [0.3, 0.4) is 0 Å². The Labute approximate surface area is 134 Å². The van der Waals surface area contributed by atoms with Crippen molar-refractivity contribution < 1.29 is 0 Å². The first-order valence-corrected chi connectivity index (χ1v) is 8.68. The van der Waals surface area contributed by atoms with Crippen LogP contribution in [0.5, 0.6) is 0 Å². The standard InChI is InChI=1S/C17H20BrNS/c1-3-19-13(2)14-8-10-16(11-9-14)20-12-15-6-4-5-7-17(15)18/h4-11,13,19H,3,12H2,1-2H3. The molecule has 0 aliphatic heterocycles. The quantitative estimate of drug-likeness (QED) is 0.699. The summed E-state index contributed by atoms with van der Waals surface area (Å²) in [6.45, 7) is 5.34. The molecular formula is C17H20BrNS. The van der Waals surface area contributed by atoms with Crippen LogP contribution in [-0.4, -0.2) is 6.54 Å². The molecule has 20 heavy (non-hydrogen) atoms. The average Bonchev–Trinajstić information content (AvgIpc) is 2.47. The number of hydrogen-bond acceptors (Lipinski definition) is 2. The first kappa shape index (κ1) is 15.6. The minimum Gasteiger partial charge on any atom is -0.310 e. The first-order valence-electron chi connectivity index (χ1n) is 6.90. The summed E-state index contributed by atoms with van der Waals surface area (Å²) in [5.74, 6) is 0.990. The lowest BCUT2D eigenvalue weighted by molar-refractivity contribution is 0.598. The van der Waals surface area contributed by atoms with Crippen molar-refractivity contribution in [1.82, 2.24) is 5.32 Å². The largest absolute Gasteiger partial charge is 0.310 e. The Morgan fingerprint density at radius 2 is 1.80 bits per heavy atom. The Kier molecular flexibility index (Phi) is 6.14. The molecule has 3 heteroatoms. The first-order chi connectivity index (χ1) is 9.70.